The second kappa shape index (κ2) is 9.23. The highest BCUT2D eigenvalue weighted by molar-refractivity contribution is 9.10. The molecule has 0 bridgehead atoms. The van der Waals surface area contributed by atoms with Crippen LogP contribution < -0.4 is 15.5 Å². The number of fused-ring (bicyclic) bond motifs is 1. The van der Waals surface area contributed by atoms with Gasteiger partial charge in [-0.1, -0.05) is 34.1 Å². The molecule has 0 aliphatic carbocycles. The van der Waals surface area contributed by atoms with Crippen molar-refractivity contribution >= 4 is 50.9 Å². The monoisotopic (exact) mass is 493 g/mol. The van der Waals surface area contributed by atoms with Crippen LogP contribution in [0.1, 0.15) is 26.3 Å². The van der Waals surface area contributed by atoms with Gasteiger partial charge in [0, 0.05) is 28.0 Å². The predicted octanol–water partition coefficient (Wildman–Crippen LogP) is 5.08. The number of rotatable bonds is 4. The van der Waals surface area contributed by atoms with Gasteiger partial charge in [-0.3, -0.25) is 9.69 Å². The number of benzene rings is 3. The van der Waals surface area contributed by atoms with Crippen molar-refractivity contribution in [3.05, 3.63) is 87.9 Å². The maximum atomic E-state index is 12.7. The van der Waals surface area contributed by atoms with Crippen LogP contribution in [0.2, 0.25) is 0 Å². The largest absolute Gasteiger partial charge is 0.465 e. The molecule has 3 amide bonds. The van der Waals surface area contributed by atoms with E-state index in [-0.39, 0.29) is 17.5 Å². The second-order valence-electron chi connectivity index (χ2n) is 7.17. The van der Waals surface area contributed by atoms with E-state index in [1.165, 1.54) is 7.11 Å². The van der Waals surface area contributed by atoms with Crippen LogP contribution in [-0.4, -0.2) is 31.6 Å². The highest BCUT2D eigenvalue weighted by Crippen LogP contribution is 2.28. The van der Waals surface area contributed by atoms with Gasteiger partial charge >= 0.3 is 12.0 Å². The number of amides is 3. The molecule has 0 fully saturated rings. The third-order valence-electron chi connectivity index (χ3n) is 5.17. The highest BCUT2D eigenvalue weighted by Gasteiger charge is 2.24. The number of urea groups is 1. The normalized spacial score (nSPS) is 12.1. The number of nitrogens with one attached hydrogen (secondary N) is 2. The predicted molar refractivity (Wildman–Crippen MR) is 126 cm³/mol. The molecule has 0 saturated carbocycles. The number of nitrogens with zero attached hydrogens (tertiary/aromatic N) is 1. The molecule has 4 rings (SSSR count). The van der Waals surface area contributed by atoms with Crippen LogP contribution in [0.3, 0.4) is 0 Å². The van der Waals surface area contributed by atoms with Gasteiger partial charge in [0.2, 0.25) is 0 Å². The molecule has 1 heterocycles. The number of halogens is 1. The van der Waals surface area contributed by atoms with Gasteiger partial charge in [0.1, 0.15) is 0 Å². The van der Waals surface area contributed by atoms with Crippen molar-refractivity contribution in [2.45, 2.75) is 6.42 Å². The summed E-state index contributed by atoms with van der Waals surface area (Å²) in [4.78, 5) is 39.1. The fraction of sp³-hybridized carbons (Fsp3) is 0.125. The van der Waals surface area contributed by atoms with E-state index >= 15 is 0 Å². The summed E-state index contributed by atoms with van der Waals surface area (Å²) in [7, 11) is 1.28. The first kappa shape index (κ1) is 21.6. The molecule has 1 aliphatic rings. The maximum Gasteiger partial charge on any atom is 0.340 e. The van der Waals surface area contributed by atoms with Crippen molar-refractivity contribution in [3.8, 4) is 0 Å². The molecule has 0 saturated heterocycles. The Morgan fingerprint density at radius 1 is 0.969 bits per heavy atom. The van der Waals surface area contributed by atoms with Crippen LogP contribution in [-0.2, 0) is 11.2 Å². The van der Waals surface area contributed by atoms with Crippen molar-refractivity contribution in [2.24, 2.45) is 0 Å². The summed E-state index contributed by atoms with van der Waals surface area (Å²) >= 11 is 3.31. The minimum atomic E-state index is -0.553. The van der Waals surface area contributed by atoms with E-state index in [1.807, 2.05) is 24.3 Å². The molecule has 162 valence electrons. The van der Waals surface area contributed by atoms with Crippen molar-refractivity contribution in [2.75, 3.05) is 29.2 Å². The fourth-order valence-corrected chi connectivity index (χ4v) is 3.90. The van der Waals surface area contributed by atoms with E-state index in [0.29, 0.717) is 28.0 Å². The minimum Gasteiger partial charge on any atom is -0.465 e. The lowest BCUT2D eigenvalue weighted by molar-refractivity contribution is 0.0602. The van der Waals surface area contributed by atoms with Gasteiger partial charge in [0.15, 0.2) is 0 Å². The lowest BCUT2D eigenvalue weighted by Crippen LogP contribution is -2.33. The highest BCUT2D eigenvalue weighted by atomic mass is 79.9. The number of esters is 1. The number of hydrogen-bond donors (Lipinski definition) is 2. The van der Waals surface area contributed by atoms with Crippen molar-refractivity contribution < 1.29 is 19.1 Å². The third-order valence-corrected chi connectivity index (χ3v) is 5.66. The Kier molecular flexibility index (Phi) is 6.23. The molecule has 0 spiro atoms. The van der Waals surface area contributed by atoms with E-state index in [2.05, 4.69) is 26.6 Å². The maximum absolute atomic E-state index is 12.7. The Morgan fingerprint density at radius 2 is 1.72 bits per heavy atom. The van der Waals surface area contributed by atoms with Gasteiger partial charge in [-0.25, -0.2) is 9.59 Å². The molecule has 2 N–H and O–H groups in total. The number of carbonyl (C=O) groups is 3. The number of carbonyl (C=O) groups excluding carboxylic acids is 3. The molecule has 32 heavy (non-hydrogen) atoms. The zero-order chi connectivity index (χ0) is 22.7. The number of ether oxygens (including phenoxy) is 1. The van der Waals surface area contributed by atoms with E-state index < -0.39 is 5.97 Å². The van der Waals surface area contributed by atoms with Crippen molar-refractivity contribution in [3.63, 3.8) is 0 Å². The zero-order valence-electron chi connectivity index (χ0n) is 17.2. The van der Waals surface area contributed by atoms with Crippen LogP contribution in [0.4, 0.5) is 21.9 Å². The summed E-state index contributed by atoms with van der Waals surface area (Å²) in [6.07, 6.45) is 0.826. The summed E-state index contributed by atoms with van der Waals surface area (Å²) in [5.74, 6) is -0.938. The number of hydrogen-bond acceptors (Lipinski definition) is 4. The Morgan fingerprint density at radius 3 is 2.47 bits per heavy atom. The van der Waals surface area contributed by atoms with E-state index in [9.17, 15) is 14.4 Å². The summed E-state index contributed by atoms with van der Waals surface area (Å²) in [6, 6.07) is 19.1. The molecule has 3 aromatic rings. The van der Waals surface area contributed by atoms with Crippen LogP contribution in [0, 0.1) is 0 Å². The first-order chi connectivity index (χ1) is 15.5. The molecule has 7 nitrogen and oxygen atoms in total. The van der Waals surface area contributed by atoms with Gasteiger partial charge in [-0.15, -0.1) is 0 Å². The topological polar surface area (TPSA) is 87.7 Å². The zero-order valence-corrected chi connectivity index (χ0v) is 18.8. The lowest BCUT2D eigenvalue weighted by Gasteiger charge is -2.18. The average molecular weight is 494 g/mol. The standard InChI is InChI=1S/C24H20BrN3O4/c1-32-23(30)19-14-17(25)8-11-20(19)27-22(29)16-6-9-18(10-7-16)26-24(31)28-13-12-15-4-2-3-5-21(15)28/h2-11,14H,12-13H2,1H3,(H,26,31)(H,27,29). The SMILES string of the molecule is COC(=O)c1cc(Br)ccc1NC(=O)c1ccc(NC(=O)N2CCc3ccccc32)cc1. The van der Waals surface area contributed by atoms with Gasteiger partial charge in [-0.05, 0) is 60.5 Å². The Balaban J connectivity index is 1.44. The molecular formula is C24H20BrN3O4. The molecule has 3 aromatic carbocycles. The van der Waals surface area contributed by atoms with Crippen LogP contribution in [0.5, 0.6) is 0 Å². The second-order valence-corrected chi connectivity index (χ2v) is 8.09. The van der Waals surface area contributed by atoms with Gasteiger partial charge < -0.3 is 15.4 Å². The van der Waals surface area contributed by atoms with Crippen molar-refractivity contribution in [1.29, 1.82) is 0 Å². The van der Waals surface area contributed by atoms with E-state index in [4.69, 9.17) is 4.74 Å². The molecule has 8 heteroatoms. The van der Waals surface area contributed by atoms with Gasteiger partial charge in [0.05, 0.1) is 18.4 Å². The minimum absolute atomic E-state index is 0.218. The molecule has 0 atom stereocenters. The first-order valence-corrected chi connectivity index (χ1v) is 10.7. The van der Waals surface area contributed by atoms with Crippen LogP contribution in [0.25, 0.3) is 0 Å². The Labute approximate surface area is 193 Å². The molecular weight excluding hydrogens is 474 g/mol. The number of para-hydroxylation sites is 1. The number of methoxy groups -OCH3 is 1. The van der Waals surface area contributed by atoms with E-state index in [1.54, 1.807) is 47.4 Å². The fourth-order valence-electron chi connectivity index (χ4n) is 3.54. The Bertz CT molecular complexity index is 1190. The van der Waals surface area contributed by atoms with Gasteiger partial charge in [-0.2, -0.15) is 0 Å². The summed E-state index contributed by atoms with van der Waals surface area (Å²) in [5, 5.41) is 5.60. The average Bonchev–Trinajstić information content (AvgIpc) is 3.24. The van der Waals surface area contributed by atoms with Gasteiger partial charge in [0.25, 0.3) is 5.91 Å². The van der Waals surface area contributed by atoms with Crippen LogP contribution >= 0.6 is 15.9 Å². The Hall–Kier alpha value is -3.65. The summed E-state index contributed by atoms with van der Waals surface area (Å²) in [6.45, 7) is 0.626. The number of anilines is 3. The quantitative estimate of drug-likeness (QED) is 0.495. The summed E-state index contributed by atoms with van der Waals surface area (Å²) < 4.78 is 5.47. The summed E-state index contributed by atoms with van der Waals surface area (Å²) in [5.41, 5.74) is 3.61. The smallest absolute Gasteiger partial charge is 0.340 e. The third kappa shape index (κ3) is 4.50. The molecule has 0 unspecified atom stereocenters. The molecule has 0 radical (unpaired) electrons. The molecule has 1 aliphatic heterocycles. The van der Waals surface area contributed by atoms with Crippen molar-refractivity contribution in [1.82, 2.24) is 0 Å². The molecule has 0 aromatic heterocycles. The van der Waals surface area contributed by atoms with Crippen LogP contribution in [0.15, 0.2) is 71.2 Å². The van der Waals surface area contributed by atoms with E-state index in [0.717, 1.165) is 17.7 Å². The lowest BCUT2D eigenvalue weighted by atomic mass is 10.1. The first-order valence-electron chi connectivity index (χ1n) is 9.92.